The zero-order chi connectivity index (χ0) is 12.0. The fourth-order valence-electron chi connectivity index (χ4n) is 2.23. The molecule has 1 aromatic carbocycles. The molecule has 3 rings (SSSR count). The highest BCUT2D eigenvalue weighted by molar-refractivity contribution is 6.24. The molecule has 2 aromatic rings. The molecule has 5 heteroatoms. The smallest absolute Gasteiger partial charge is 0.230 e. The fourth-order valence-corrected chi connectivity index (χ4v) is 2.50. The summed E-state index contributed by atoms with van der Waals surface area (Å²) in [7, 11) is 1.92. The summed E-state index contributed by atoms with van der Waals surface area (Å²) in [4.78, 5) is 18.0. The largest absolute Gasteiger partial charge is 0.313 e. The summed E-state index contributed by atoms with van der Waals surface area (Å²) >= 11 is 6.00. The third-order valence-electron chi connectivity index (χ3n) is 3.08. The highest BCUT2D eigenvalue weighted by Gasteiger charge is 2.31. The maximum atomic E-state index is 11.8. The minimum atomic E-state index is -0.109. The lowest BCUT2D eigenvalue weighted by Crippen LogP contribution is -2.27. The van der Waals surface area contributed by atoms with Crippen molar-refractivity contribution < 1.29 is 4.79 Å². The number of halogens is 1. The van der Waals surface area contributed by atoms with Gasteiger partial charge in [-0.05, 0) is 12.1 Å². The standard InChI is InChI=1S/C12H12ClN3O/c1-15-10-5-3-2-4-9(10)14-12(15)16-7-8(13)6-11(16)17/h2-5,8H,6-7H2,1H3. The predicted octanol–water partition coefficient (Wildman–Crippen LogP) is 1.92. The van der Waals surface area contributed by atoms with E-state index in [2.05, 4.69) is 4.98 Å². The molecular formula is C12H12ClN3O. The maximum Gasteiger partial charge on any atom is 0.230 e. The molecule has 0 aliphatic carbocycles. The SMILES string of the molecule is Cn1c(N2CC(Cl)CC2=O)nc2ccccc21. The summed E-state index contributed by atoms with van der Waals surface area (Å²) in [5.74, 6) is 0.725. The van der Waals surface area contributed by atoms with Gasteiger partial charge < -0.3 is 4.57 Å². The van der Waals surface area contributed by atoms with Crippen LogP contribution in [0.1, 0.15) is 6.42 Å². The van der Waals surface area contributed by atoms with Crippen LogP contribution in [-0.4, -0.2) is 27.4 Å². The molecule has 0 N–H and O–H groups in total. The summed E-state index contributed by atoms with van der Waals surface area (Å²) in [5.41, 5.74) is 1.92. The van der Waals surface area contributed by atoms with Gasteiger partial charge in [0.25, 0.3) is 0 Å². The van der Waals surface area contributed by atoms with E-state index in [9.17, 15) is 4.79 Å². The molecule has 1 atom stereocenters. The number of aryl methyl sites for hydroxylation is 1. The Hall–Kier alpha value is -1.55. The van der Waals surface area contributed by atoms with Gasteiger partial charge in [-0.3, -0.25) is 9.69 Å². The van der Waals surface area contributed by atoms with Crippen molar-refractivity contribution >= 4 is 34.5 Å². The number of imidazole rings is 1. The fraction of sp³-hybridized carbons (Fsp3) is 0.333. The quantitative estimate of drug-likeness (QED) is 0.725. The number of hydrogen-bond acceptors (Lipinski definition) is 2. The molecule has 2 heterocycles. The molecule has 0 saturated carbocycles. The molecule has 1 aliphatic rings. The Morgan fingerprint density at radius 3 is 2.82 bits per heavy atom. The molecular weight excluding hydrogens is 238 g/mol. The monoisotopic (exact) mass is 249 g/mol. The van der Waals surface area contributed by atoms with Crippen molar-refractivity contribution in [1.29, 1.82) is 0 Å². The lowest BCUT2D eigenvalue weighted by atomic mass is 10.3. The number of benzene rings is 1. The Labute approximate surface area is 104 Å². The van der Waals surface area contributed by atoms with Crippen LogP contribution in [0, 0.1) is 0 Å². The minimum absolute atomic E-state index is 0.0448. The van der Waals surface area contributed by atoms with Crippen molar-refractivity contribution in [1.82, 2.24) is 9.55 Å². The van der Waals surface area contributed by atoms with Gasteiger partial charge in [-0.15, -0.1) is 11.6 Å². The Morgan fingerprint density at radius 2 is 2.18 bits per heavy atom. The number of rotatable bonds is 1. The average Bonchev–Trinajstić information content (AvgIpc) is 2.80. The molecule has 1 unspecified atom stereocenters. The first-order valence-corrected chi connectivity index (χ1v) is 5.96. The molecule has 1 aliphatic heterocycles. The first-order chi connectivity index (χ1) is 8.16. The van der Waals surface area contributed by atoms with Gasteiger partial charge in [-0.25, -0.2) is 4.98 Å². The van der Waals surface area contributed by atoms with E-state index < -0.39 is 0 Å². The van der Waals surface area contributed by atoms with Crippen molar-refractivity contribution in [2.45, 2.75) is 11.8 Å². The number of carbonyl (C=O) groups excluding carboxylic acids is 1. The number of anilines is 1. The van der Waals surface area contributed by atoms with Crippen LogP contribution >= 0.6 is 11.6 Å². The first-order valence-electron chi connectivity index (χ1n) is 5.52. The van der Waals surface area contributed by atoms with Gasteiger partial charge in [0.1, 0.15) is 0 Å². The summed E-state index contributed by atoms with van der Waals surface area (Å²) < 4.78 is 1.93. The number of hydrogen-bond donors (Lipinski definition) is 0. The number of alkyl halides is 1. The number of nitrogens with zero attached hydrogens (tertiary/aromatic N) is 3. The van der Waals surface area contributed by atoms with Crippen molar-refractivity contribution in [2.75, 3.05) is 11.4 Å². The van der Waals surface area contributed by atoms with E-state index in [1.165, 1.54) is 0 Å². The second-order valence-corrected chi connectivity index (χ2v) is 4.88. The molecule has 0 bridgehead atoms. The second-order valence-electron chi connectivity index (χ2n) is 4.27. The molecule has 1 fully saturated rings. The van der Waals surface area contributed by atoms with E-state index in [0.717, 1.165) is 11.0 Å². The van der Waals surface area contributed by atoms with E-state index >= 15 is 0 Å². The maximum absolute atomic E-state index is 11.8. The molecule has 1 aromatic heterocycles. The summed E-state index contributed by atoms with van der Waals surface area (Å²) in [6.07, 6.45) is 0.394. The van der Waals surface area contributed by atoms with Crippen LogP contribution in [0.2, 0.25) is 0 Å². The zero-order valence-electron chi connectivity index (χ0n) is 9.43. The summed E-state index contributed by atoms with van der Waals surface area (Å²) in [6, 6.07) is 7.83. The van der Waals surface area contributed by atoms with Gasteiger partial charge in [-0.2, -0.15) is 0 Å². The highest BCUT2D eigenvalue weighted by Crippen LogP contribution is 2.26. The molecule has 4 nitrogen and oxygen atoms in total. The van der Waals surface area contributed by atoms with E-state index in [1.54, 1.807) is 4.90 Å². The molecule has 88 valence electrons. The van der Waals surface area contributed by atoms with E-state index in [1.807, 2.05) is 35.9 Å². The predicted molar refractivity (Wildman–Crippen MR) is 67.3 cm³/mol. The Bertz CT molecular complexity index is 592. The molecule has 0 spiro atoms. The van der Waals surface area contributed by atoms with Crippen molar-refractivity contribution in [3.63, 3.8) is 0 Å². The van der Waals surface area contributed by atoms with Crippen LogP contribution in [-0.2, 0) is 11.8 Å². The van der Waals surface area contributed by atoms with Crippen LogP contribution in [0.3, 0.4) is 0 Å². The molecule has 17 heavy (non-hydrogen) atoms. The molecule has 1 saturated heterocycles. The van der Waals surface area contributed by atoms with Crippen LogP contribution < -0.4 is 4.90 Å². The summed E-state index contributed by atoms with van der Waals surface area (Å²) in [5, 5.41) is -0.109. The van der Waals surface area contributed by atoms with Crippen molar-refractivity contribution in [3.05, 3.63) is 24.3 Å². The second kappa shape index (κ2) is 3.74. The Kier molecular flexibility index (Phi) is 2.33. The van der Waals surface area contributed by atoms with Gasteiger partial charge >= 0.3 is 0 Å². The summed E-state index contributed by atoms with van der Waals surface area (Å²) in [6.45, 7) is 0.539. The third kappa shape index (κ3) is 1.60. The van der Waals surface area contributed by atoms with E-state index in [0.29, 0.717) is 18.9 Å². The van der Waals surface area contributed by atoms with Gasteiger partial charge in [0.15, 0.2) is 0 Å². The van der Waals surface area contributed by atoms with Crippen molar-refractivity contribution in [3.8, 4) is 0 Å². The third-order valence-corrected chi connectivity index (χ3v) is 3.38. The number of aromatic nitrogens is 2. The topological polar surface area (TPSA) is 38.1 Å². The highest BCUT2D eigenvalue weighted by atomic mass is 35.5. The van der Waals surface area contributed by atoms with Crippen LogP contribution in [0.5, 0.6) is 0 Å². The Morgan fingerprint density at radius 1 is 1.41 bits per heavy atom. The Balaban J connectivity index is 2.12. The number of fused-ring (bicyclic) bond motifs is 1. The van der Waals surface area contributed by atoms with Gasteiger partial charge in [0.05, 0.1) is 16.4 Å². The van der Waals surface area contributed by atoms with E-state index in [4.69, 9.17) is 11.6 Å². The number of amides is 1. The van der Waals surface area contributed by atoms with Crippen molar-refractivity contribution in [2.24, 2.45) is 7.05 Å². The number of para-hydroxylation sites is 2. The average molecular weight is 250 g/mol. The van der Waals surface area contributed by atoms with Crippen LogP contribution in [0.25, 0.3) is 11.0 Å². The molecule has 1 amide bonds. The first kappa shape index (κ1) is 10.6. The normalized spacial score (nSPS) is 20.5. The van der Waals surface area contributed by atoms with Gasteiger partial charge in [0.2, 0.25) is 11.9 Å². The van der Waals surface area contributed by atoms with Crippen LogP contribution in [0.4, 0.5) is 5.95 Å². The van der Waals surface area contributed by atoms with Gasteiger partial charge in [0, 0.05) is 20.0 Å². The van der Waals surface area contributed by atoms with Gasteiger partial charge in [-0.1, -0.05) is 12.1 Å². The zero-order valence-corrected chi connectivity index (χ0v) is 10.2. The minimum Gasteiger partial charge on any atom is -0.313 e. The van der Waals surface area contributed by atoms with E-state index in [-0.39, 0.29) is 11.3 Å². The lowest BCUT2D eigenvalue weighted by Gasteiger charge is -2.14. The van der Waals surface area contributed by atoms with Crippen LogP contribution in [0.15, 0.2) is 24.3 Å². The number of carbonyl (C=O) groups is 1. The molecule has 0 radical (unpaired) electrons. The lowest BCUT2D eigenvalue weighted by molar-refractivity contribution is -0.117.